The third-order valence-corrected chi connectivity index (χ3v) is 5.48. The number of ether oxygens (including phenoxy) is 1. The van der Waals surface area contributed by atoms with Crippen LogP contribution in [-0.4, -0.2) is 30.9 Å². The molecule has 1 N–H and O–H groups in total. The summed E-state index contributed by atoms with van der Waals surface area (Å²) in [5.74, 6) is 1.03. The van der Waals surface area contributed by atoms with Crippen molar-refractivity contribution in [2.24, 2.45) is 5.41 Å². The highest BCUT2D eigenvalue weighted by Crippen LogP contribution is 2.29. The number of hydrogen-bond donors (Lipinski definition) is 1. The predicted octanol–water partition coefficient (Wildman–Crippen LogP) is 3.29. The molecule has 1 saturated heterocycles. The minimum Gasteiger partial charge on any atom is -0.489 e. The molecule has 0 spiro atoms. The minimum absolute atomic E-state index is 0.155. The average molecular weight is 344 g/mol. The molecule has 128 valence electrons. The molecule has 1 atom stereocenters. The number of nitrogens with one attached hydrogen (secondary N) is 1. The number of likely N-dealkylation sites (tertiary alicyclic amines) is 1. The second kappa shape index (κ2) is 7.36. The van der Waals surface area contributed by atoms with E-state index in [1.807, 2.05) is 30.3 Å². The molecule has 0 unspecified atom stereocenters. The number of carbonyl (C=O) groups is 1. The molecule has 1 amide bonds. The lowest BCUT2D eigenvalue weighted by Gasteiger charge is -2.22. The van der Waals surface area contributed by atoms with Crippen LogP contribution in [0.5, 0.6) is 5.75 Å². The van der Waals surface area contributed by atoms with E-state index in [4.69, 9.17) is 4.74 Å². The van der Waals surface area contributed by atoms with Gasteiger partial charge in [0, 0.05) is 17.0 Å². The summed E-state index contributed by atoms with van der Waals surface area (Å²) >= 11 is 1.66. The number of rotatable bonds is 6. The zero-order valence-electron chi connectivity index (χ0n) is 14.2. The Kier molecular flexibility index (Phi) is 5.21. The van der Waals surface area contributed by atoms with Gasteiger partial charge in [-0.2, -0.15) is 0 Å². The molecule has 0 aliphatic carbocycles. The van der Waals surface area contributed by atoms with E-state index in [-0.39, 0.29) is 11.3 Å². The molecule has 24 heavy (non-hydrogen) atoms. The molecule has 0 bridgehead atoms. The standard InChI is InChI=1S/C19H24N2O2S/c1-19(8-9-21(2)14-19)18(22)20-11-17-10-15(13-24-17)12-23-16-6-4-3-5-7-16/h3-7,10,13H,8-9,11-12,14H2,1-2H3,(H,20,22)/t19-/m1/s1. The van der Waals surface area contributed by atoms with Crippen LogP contribution in [0, 0.1) is 5.41 Å². The van der Waals surface area contributed by atoms with Gasteiger partial charge in [0.25, 0.3) is 0 Å². The monoisotopic (exact) mass is 344 g/mol. The van der Waals surface area contributed by atoms with E-state index in [1.54, 1.807) is 11.3 Å². The van der Waals surface area contributed by atoms with Crippen molar-refractivity contribution in [3.8, 4) is 5.75 Å². The fraction of sp³-hybridized carbons (Fsp3) is 0.421. The van der Waals surface area contributed by atoms with Gasteiger partial charge in [-0.3, -0.25) is 4.79 Å². The third-order valence-electron chi connectivity index (χ3n) is 4.49. The van der Waals surface area contributed by atoms with Gasteiger partial charge in [-0.1, -0.05) is 18.2 Å². The number of hydrogen-bond acceptors (Lipinski definition) is 4. The van der Waals surface area contributed by atoms with Crippen molar-refractivity contribution in [3.05, 3.63) is 52.2 Å². The smallest absolute Gasteiger partial charge is 0.227 e. The van der Waals surface area contributed by atoms with Crippen LogP contribution in [-0.2, 0) is 17.9 Å². The molecule has 2 aromatic rings. The lowest BCUT2D eigenvalue weighted by Crippen LogP contribution is -2.40. The van der Waals surface area contributed by atoms with Crippen LogP contribution in [0.2, 0.25) is 0 Å². The SMILES string of the molecule is CN1CC[C@@](C)(C(=O)NCc2cc(COc3ccccc3)cs2)C1. The highest BCUT2D eigenvalue weighted by atomic mass is 32.1. The first kappa shape index (κ1) is 17.0. The topological polar surface area (TPSA) is 41.6 Å². The molecule has 0 radical (unpaired) electrons. The van der Waals surface area contributed by atoms with Crippen LogP contribution in [0.3, 0.4) is 0 Å². The van der Waals surface area contributed by atoms with E-state index in [0.717, 1.165) is 35.7 Å². The molecule has 1 fully saturated rings. The molecule has 2 heterocycles. The Balaban J connectivity index is 1.48. The van der Waals surface area contributed by atoms with E-state index in [0.29, 0.717) is 13.2 Å². The normalized spacial score (nSPS) is 20.9. The van der Waals surface area contributed by atoms with Gasteiger partial charge in [0.05, 0.1) is 12.0 Å². The fourth-order valence-electron chi connectivity index (χ4n) is 3.04. The van der Waals surface area contributed by atoms with Crippen molar-refractivity contribution in [2.75, 3.05) is 20.1 Å². The van der Waals surface area contributed by atoms with Gasteiger partial charge in [-0.15, -0.1) is 11.3 Å². The minimum atomic E-state index is -0.259. The maximum absolute atomic E-state index is 12.4. The van der Waals surface area contributed by atoms with Gasteiger partial charge in [0.1, 0.15) is 12.4 Å². The molecular formula is C19H24N2O2S. The van der Waals surface area contributed by atoms with E-state index >= 15 is 0 Å². The van der Waals surface area contributed by atoms with Gasteiger partial charge in [-0.25, -0.2) is 0 Å². The van der Waals surface area contributed by atoms with Crippen molar-refractivity contribution in [2.45, 2.75) is 26.5 Å². The molecule has 5 heteroatoms. The van der Waals surface area contributed by atoms with E-state index < -0.39 is 0 Å². The molecule has 1 aliphatic rings. The fourth-order valence-corrected chi connectivity index (χ4v) is 3.85. The zero-order chi connectivity index (χ0) is 17.0. The largest absolute Gasteiger partial charge is 0.489 e. The van der Waals surface area contributed by atoms with Crippen LogP contribution in [0.1, 0.15) is 23.8 Å². The highest BCUT2D eigenvalue weighted by molar-refractivity contribution is 7.10. The first-order chi connectivity index (χ1) is 11.5. The Morgan fingerprint density at radius 1 is 1.38 bits per heavy atom. The van der Waals surface area contributed by atoms with Crippen LogP contribution in [0.15, 0.2) is 41.8 Å². The Morgan fingerprint density at radius 2 is 2.17 bits per heavy atom. The Labute approximate surface area is 147 Å². The maximum Gasteiger partial charge on any atom is 0.227 e. The van der Waals surface area contributed by atoms with Gasteiger partial charge in [0.2, 0.25) is 5.91 Å². The molecule has 1 aliphatic heterocycles. The number of thiophene rings is 1. The lowest BCUT2D eigenvalue weighted by molar-refractivity contribution is -0.129. The summed E-state index contributed by atoms with van der Waals surface area (Å²) < 4.78 is 5.75. The highest BCUT2D eigenvalue weighted by Gasteiger charge is 2.38. The van der Waals surface area contributed by atoms with Crippen molar-refractivity contribution in [1.29, 1.82) is 0 Å². The Morgan fingerprint density at radius 3 is 2.88 bits per heavy atom. The third kappa shape index (κ3) is 4.16. The van der Waals surface area contributed by atoms with Crippen LogP contribution in [0.25, 0.3) is 0 Å². The first-order valence-corrected chi connectivity index (χ1v) is 9.14. The van der Waals surface area contributed by atoms with Crippen LogP contribution >= 0.6 is 11.3 Å². The number of amides is 1. The van der Waals surface area contributed by atoms with E-state index in [2.05, 4.69) is 35.6 Å². The number of carbonyl (C=O) groups excluding carboxylic acids is 1. The van der Waals surface area contributed by atoms with Gasteiger partial charge in [0.15, 0.2) is 0 Å². The Hall–Kier alpha value is -1.85. The summed E-state index contributed by atoms with van der Waals surface area (Å²) in [6, 6.07) is 11.9. The maximum atomic E-state index is 12.4. The van der Waals surface area contributed by atoms with Crippen molar-refractivity contribution in [3.63, 3.8) is 0 Å². The lowest BCUT2D eigenvalue weighted by atomic mass is 9.89. The van der Waals surface area contributed by atoms with Crippen LogP contribution < -0.4 is 10.1 Å². The number of para-hydroxylation sites is 1. The van der Waals surface area contributed by atoms with E-state index in [9.17, 15) is 4.79 Å². The second-order valence-electron chi connectivity index (χ2n) is 6.75. The molecule has 1 aromatic carbocycles. The molecule has 0 saturated carbocycles. The van der Waals surface area contributed by atoms with Gasteiger partial charge < -0.3 is 15.0 Å². The summed E-state index contributed by atoms with van der Waals surface area (Å²) in [4.78, 5) is 15.8. The Bertz CT molecular complexity index is 686. The quantitative estimate of drug-likeness (QED) is 0.874. The first-order valence-electron chi connectivity index (χ1n) is 8.26. The zero-order valence-corrected chi connectivity index (χ0v) is 15.1. The van der Waals surface area contributed by atoms with Crippen LogP contribution in [0.4, 0.5) is 0 Å². The predicted molar refractivity (Wildman–Crippen MR) is 97.2 cm³/mol. The van der Waals surface area contributed by atoms with E-state index in [1.165, 1.54) is 0 Å². The summed E-state index contributed by atoms with van der Waals surface area (Å²) in [6.45, 7) is 5.02. The van der Waals surface area contributed by atoms with Crippen molar-refractivity contribution < 1.29 is 9.53 Å². The molecule has 4 nitrogen and oxygen atoms in total. The summed E-state index contributed by atoms with van der Waals surface area (Å²) in [6.07, 6.45) is 0.927. The summed E-state index contributed by atoms with van der Waals surface area (Å²) in [5, 5.41) is 5.19. The van der Waals surface area contributed by atoms with Crippen molar-refractivity contribution >= 4 is 17.2 Å². The molecule has 3 rings (SSSR count). The summed E-state index contributed by atoms with van der Waals surface area (Å²) in [5.41, 5.74) is 0.880. The average Bonchev–Trinajstić information content (AvgIpc) is 3.19. The summed E-state index contributed by atoms with van der Waals surface area (Å²) in [7, 11) is 2.07. The second-order valence-corrected chi connectivity index (χ2v) is 7.75. The van der Waals surface area contributed by atoms with Crippen molar-refractivity contribution in [1.82, 2.24) is 10.2 Å². The molecular weight excluding hydrogens is 320 g/mol. The number of benzene rings is 1. The molecule has 1 aromatic heterocycles. The van der Waals surface area contributed by atoms with Gasteiger partial charge >= 0.3 is 0 Å². The number of nitrogens with zero attached hydrogens (tertiary/aromatic N) is 1. The van der Waals surface area contributed by atoms with Gasteiger partial charge in [-0.05, 0) is 50.5 Å².